The summed E-state index contributed by atoms with van der Waals surface area (Å²) in [4.78, 5) is 0. The summed E-state index contributed by atoms with van der Waals surface area (Å²) in [6.07, 6.45) is 2.36. The Morgan fingerprint density at radius 3 is 2.75 bits per heavy atom. The van der Waals surface area contributed by atoms with Crippen LogP contribution in [0.25, 0.3) is 0 Å². The van der Waals surface area contributed by atoms with Crippen molar-refractivity contribution in [3.63, 3.8) is 0 Å². The molecule has 2 nitrogen and oxygen atoms in total. The minimum absolute atomic E-state index is 0.362. The molecule has 1 atom stereocenters. The molecule has 0 amide bonds. The Morgan fingerprint density at radius 2 is 2.38 bits per heavy atom. The van der Waals surface area contributed by atoms with Gasteiger partial charge in [-0.3, -0.25) is 4.31 Å². The summed E-state index contributed by atoms with van der Waals surface area (Å²) < 4.78 is 1.98. The van der Waals surface area contributed by atoms with Gasteiger partial charge in [0.05, 0.1) is 0 Å². The first-order valence-electron chi connectivity index (χ1n) is 2.98. The molecular formula is C5H12N2S. The lowest BCUT2D eigenvalue weighted by Gasteiger charge is -2.25. The van der Waals surface area contributed by atoms with E-state index < -0.39 is 0 Å². The third kappa shape index (κ3) is 1.65. The Labute approximate surface area is 55.6 Å². The van der Waals surface area contributed by atoms with Crippen molar-refractivity contribution in [3.8, 4) is 0 Å². The maximum atomic E-state index is 5.63. The normalized spacial score (nSPS) is 33.0. The van der Waals surface area contributed by atoms with Crippen LogP contribution in [0.1, 0.15) is 12.8 Å². The molecule has 0 bridgehead atoms. The van der Waals surface area contributed by atoms with E-state index >= 15 is 0 Å². The Kier molecular flexibility index (Phi) is 2.16. The summed E-state index contributed by atoms with van der Waals surface area (Å²) in [5.41, 5.74) is 5.63. The largest absolute Gasteiger partial charge is 0.327 e. The summed E-state index contributed by atoms with van der Waals surface area (Å²) >= 11 is 4.17. The number of thiol groups is 1. The molecular weight excluding hydrogens is 120 g/mol. The minimum Gasteiger partial charge on any atom is -0.327 e. The van der Waals surface area contributed by atoms with Gasteiger partial charge in [0.25, 0.3) is 0 Å². The first kappa shape index (κ1) is 6.39. The van der Waals surface area contributed by atoms with Crippen LogP contribution in [0.2, 0.25) is 0 Å². The Hall–Kier alpha value is 0.270. The molecule has 0 spiro atoms. The second kappa shape index (κ2) is 2.71. The maximum Gasteiger partial charge on any atom is 0.0239 e. The van der Waals surface area contributed by atoms with Crippen molar-refractivity contribution in [2.45, 2.75) is 18.9 Å². The number of rotatable bonds is 0. The van der Waals surface area contributed by atoms with Gasteiger partial charge in [-0.05, 0) is 12.8 Å². The van der Waals surface area contributed by atoms with Crippen molar-refractivity contribution in [1.82, 2.24) is 4.31 Å². The van der Waals surface area contributed by atoms with Gasteiger partial charge in [0, 0.05) is 19.1 Å². The number of nitrogens with zero attached hydrogens (tertiary/aromatic N) is 1. The molecule has 0 aromatic carbocycles. The van der Waals surface area contributed by atoms with Crippen LogP contribution in [0.15, 0.2) is 0 Å². The van der Waals surface area contributed by atoms with E-state index in [1.54, 1.807) is 0 Å². The molecule has 0 aromatic rings. The van der Waals surface area contributed by atoms with Gasteiger partial charge >= 0.3 is 0 Å². The number of nitrogens with two attached hydrogens (primary N) is 1. The zero-order valence-electron chi connectivity index (χ0n) is 4.88. The van der Waals surface area contributed by atoms with Crippen molar-refractivity contribution in [3.05, 3.63) is 0 Å². The second-order valence-corrected chi connectivity index (χ2v) is 2.88. The first-order valence-corrected chi connectivity index (χ1v) is 3.38. The van der Waals surface area contributed by atoms with E-state index in [0.29, 0.717) is 6.04 Å². The summed E-state index contributed by atoms with van der Waals surface area (Å²) in [7, 11) is 0. The maximum absolute atomic E-state index is 5.63. The van der Waals surface area contributed by atoms with Crippen LogP contribution in [-0.4, -0.2) is 23.4 Å². The van der Waals surface area contributed by atoms with Gasteiger partial charge < -0.3 is 5.73 Å². The molecule has 1 unspecified atom stereocenters. The van der Waals surface area contributed by atoms with Crippen molar-refractivity contribution in [2.24, 2.45) is 5.73 Å². The molecule has 1 aliphatic rings. The van der Waals surface area contributed by atoms with E-state index in [1.807, 2.05) is 4.31 Å². The fourth-order valence-corrected chi connectivity index (χ4v) is 1.34. The van der Waals surface area contributed by atoms with Gasteiger partial charge in [0.2, 0.25) is 0 Å². The molecule has 1 fully saturated rings. The van der Waals surface area contributed by atoms with Gasteiger partial charge in [-0.1, -0.05) is 12.8 Å². The van der Waals surface area contributed by atoms with E-state index in [2.05, 4.69) is 12.8 Å². The number of hydrogen-bond donors (Lipinski definition) is 2. The number of hydrogen-bond acceptors (Lipinski definition) is 3. The smallest absolute Gasteiger partial charge is 0.0239 e. The van der Waals surface area contributed by atoms with Crippen molar-refractivity contribution in [2.75, 3.05) is 13.1 Å². The van der Waals surface area contributed by atoms with Crippen molar-refractivity contribution in [1.29, 1.82) is 0 Å². The molecule has 0 saturated carbocycles. The highest BCUT2D eigenvalue weighted by molar-refractivity contribution is 7.77. The fourth-order valence-electron chi connectivity index (χ4n) is 0.989. The molecule has 1 saturated heterocycles. The minimum atomic E-state index is 0.362. The first-order chi connectivity index (χ1) is 3.79. The van der Waals surface area contributed by atoms with Crippen LogP contribution >= 0.6 is 12.8 Å². The predicted octanol–water partition coefficient (Wildman–Crippen LogP) is 0.254. The van der Waals surface area contributed by atoms with Gasteiger partial charge in [-0.2, -0.15) is 0 Å². The topological polar surface area (TPSA) is 29.3 Å². The quantitative estimate of drug-likeness (QED) is 0.463. The predicted molar refractivity (Wildman–Crippen MR) is 37.8 cm³/mol. The molecule has 0 radical (unpaired) electrons. The van der Waals surface area contributed by atoms with Crippen LogP contribution in [0, 0.1) is 0 Å². The van der Waals surface area contributed by atoms with Crippen molar-refractivity contribution < 1.29 is 0 Å². The number of piperidine rings is 1. The van der Waals surface area contributed by atoms with Crippen LogP contribution < -0.4 is 5.73 Å². The summed E-state index contributed by atoms with van der Waals surface area (Å²) in [6.45, 7) is 2.04. The van der Waals surface area contributed by atoms with Gasteiger partial charge in [-0.15, -0.1) is 0 Å². The lowest BCUT2D eigenvalue weighted by Crippen LogP contribution is -2.37. The summed E-state index contributed by atoms with van der Waals surface area (Å²) in [5.74, 6) is 0. The van der Waals surface area contributed by atoms with E-state index in [9.17, 15) is 0 Å². The molecule has 0 aromatic heterocycles. The molecule has 3 heteroatoms. The highest BCUT2D eigenvalue weighted by atomic mass is 32.1. The fraction of sp³-hybridized carbons (Fsp3) is 1.00. The van der Waals surface area contributed by atoms with Gasteiger partial charge in [0.1, 0.15) is 0 Å². The monoisotopic (exact) mass is 132 g/mol. The highest BCUT2D eigenvalue weighted by Crippen LogP contribution is 2.08. The second-order valence-electron chi connectivity index (χ2n) is 2.31. The van der Waals surface area contributed by atoms with E-state index in [0.717, 1.165) is 19.5 Å². The zero-order valence-corrected chi connectivity index (χ0v) is 5.77. The summed E-state index contributed by atoms with van der Waals surface area (Å²) in [5, 5.41) is 0. The standard InChI is InChI=1S/C5H12N2S/c6-5-2-1-3-7(8)4-5/h5,8H,1-4,6H2. The molecule has 0 aliphatic carbocycles. The molecule has 2 N–H and O–H groups in total. The molecule has 1 rings (SSSR count). The Morgan fingerprint density at radius 1 is 1.62 bits per heavy atom. The lowest BCUT2D eigenvalue weighted by molar-refractivity contribution is 0.346. The van der Waals surface area contributed by atoms with Crippen molar-refractivity contribution >= 4 is 12.8 Å². The Bertz CT molecular complexity index is 68.8. The van der Waals surface area contributed by atoms with Crippen LogP contribution in [0.3, 0.4) is 0 Å². The van der Waals surface area contributed by atoms with Crippen LogP contribution in [0.4, 0.5) is 0 Å². The lowest BCUT2D eigenvalue weighted by atomic mass is 10.1. The van der Waals surface area contributed by atoms with E-state index in [1.165, 1.54) is 6.42 Å². The van der Waals surface area contributed by atoms with Gasteiger partial charge in [0.15, 0.2) is 0 Å². The average Bonchev–Trinajstić information content (AvgIpc) is 1.64. The zero-order chi connectivity index (χ0) is 5.98. The average molecular weight is 132 g/mol. The third-order valence-electron chi connectivity index (χ3n) is 1.44. The van der Waals surface area contributed by atoms with Crippen LogP contribution in [0.5, 0.6) is 0 Å². The van der Waals surface area contributed by atoms with E-state index in [4.69, 9.17) is 5.73 Å². The van der Waals surface area contributed by atoms with Gasteiger partial charge in [-0.25, -0.2) is 0 Å². The summed E-state index contributed by atoms with van der Waals surface area (Å²) in [6, 6.07) is 0.362. The van der Waals surface area contributed by atoms with E-state index in [-0.39, 0.29) is 0 Å². The highest BCUT2D eigenvalue weighted by Gasteiger charge is 2.12. The molecule has 48 valence electrons. The Balaban J connectivity index is 2.23. The molecule has 1 heterocycles. The van der Waals surface area contributed by atoms with Crippen LogP contribution in [-0.2, 0) is 0 Å². The SMILES string of the molecule is NC1CCCN(S)C1. The third-order valence-corrected chi connectivity index (χ3v) is 1.80. The molecule has 8 heavy (non-hydrogen) atoms. The molecule has 1 aliphatic heterocycles.